The maximum atomic E-state index is 4.77. The molecule has 5 rings (SSSR count). The standard InChI is InChI=1S/C19H19N7S/c1-3-7-16(14(5-1)19-21-23-24-22-19)26-11-9-25(10-12-26)13-18-20-15-6-2-4-8-17(15)27-18/h1-8H,9-13H2,(H,21,22,23,24). The highest BCUT2D eigenvalue weighted by Gasteiger charge is 2.21. The van der Waals surface area contributed by atoms with Gasteiger partial charge in [0, 0.05) is 37.4 Å². The van der Waals surface area contributed by atoms with Gasteiger partial charge in [-0.3, -0.25) is 4.90 Å². The van der Waals surface area contributed by atoms with Gasteiger partial charge in [0.2, 0.25) is 5.82 Å². The summed E-state index contributed by atoms with van der Waals surface area (Å²) in [6.45, 7) is 4.88. The summed E-state index contributed by atoms with van der Waals surface area (Å²) in [6.07, 6.45) is 0. The molecule has 0 radical (unpaired) electrons. The normalized spacial score (nSPS) is 15.5. The van der Waals surface area contributed by atoms with Crippen LogP contribution in [0.1, 0.15) is 5.01 Å². The highest BCUT2D eigenvalue weighted by Crippen LogP contribution is 2.29. The predicted molar refractivity (Wildman–Crippen MR) is 107 cm³/mol. The molecule has 1 fully saturated rings. The first-order valence-electron chi connectivity index (χ1n) is 9.01. The molecule has 136 valence electrons. The van der Waals surface area contributed by atoms with E-state index in [0.29, 0.717) is 5.82 Å². The van der Waals surface area contributed by atoms with Crippen LogP contribution in [-0.4, -0.2) is 56.7 Å². The highest BCUT2D eigenvalue weighted by molar-refractivity contribution is 7.18. The van der Waals surface area contributed by atoms with Crippen LogP contribution in [0.15, 0.2) is 48.5 Å². The molecular weight excluding hydrogens is 358 g/mol. The molecule has 0 unspecified atom stereocenters. The molecule has 0 atom stereocenters. The Labute approximate surface area is 160 Å². The van der Waals surface area contributed by atoms with Gasteiger partial charge in [-0.15, -0.1) is 21.5 Å². The van der Waals surface area contributed by atoms with Crippen molar-refractivity contribution in [1.82, 2.24) is 30.5 Å². The first-order chi connectivity index (χ1) is 13.4. The Kier molecular flexibility index (Phi) is 4.27. The molecule has 1 N–H and O–H groups in total. The zero-order chi connectivity index (χ0) is 18.1. The molecule has 0 spiro atoms. The quantitative estimate of drug-likeness (QED) is 0.590. The number of benzene rings is 2. The Morgan fingerprint density at radius 3 is 2.59 bits per heavy atom. The van der Waals surface area contributed by atoms with Crippen molar-refractivity contribution in [1.29, 1.82) is 0 Å². The Bertz CT molecular complexity index is 1000. The Balaban J connectivity index is 1.28. The van der Waals surface area contributed by atoms with Crippen molar-refractivity contribution >= 4 is 27.2 Å². The number of para-hydroxylation sites is 2. The zero-order valence-electron chi connectivity index (χ0n) is 14.7. The van der Waals surface area contributed by atoms with Crippen LogP contribution in [0.4, 0.5) is 5.69 Å². The van der Waals surface area contributed by atoms with E-state index in [1.165, 1.54) is 15.4 Å². The van der Waals surface area contributed by atoms with E-state index in [1.807, 2.05) is 18.2 Å². The van der Waals surface area contributed by atoms with Crippen LogP contribution in [0.3, 0.4) is 0 Å². The number of piperazine rings is 1. The van der Waals surface area contributed by atoms with E-state index in [4.69, 9.17) is 4.98 Å². The van der Waals surface area contributed by atoms with Crippen LogP contribution < -0.4 is 4.90 Å². The van der Waals surface area contributed by atoms with Crippen LogP contribution in [0, 0.1) is 0 Å². The summed E-state index contributed by atoms with van der Waals surface area (Å²) >= 11 is 1.80. The summed E-state index contributed by atoms with van der Waals surface area (Å²) in [7, 11) is 0. The van der Waals surface area contributed by atoms with E-state index >= 15 is 0 Å². The van der Waals surface area contributed by atoms with Crippen molar-refractivity contribution in [2.75, 3.05) is 31.1 Å². The third-order valence-electron chi connectivity index (χ3n) is 4.90. The molecule has 2 aromatic heterocycles. The number of hydrogen-bond acceptors (Lipinski definition) is 7. The van der Waals surface area contributed by atoms with E-state index in [9.17, 15) is 0 Å². The smallest absolute Gasteiger partial charge is 0.206 e. The first-order valence-corrected chi connectivity index (χ1v) is 9.83. The van der Waals surface area contributed by atoms with Gasteiger partial charge < -0.3 is 4.90 Å². The number of tetrazole rings is 1. The molecule has 7 nitrogen and oxygen atoms in total. The van der Waals surface area contributed by atoms with Gasteiger partial charge in [0.15, 0.2) is 0 Å². The average molecular weight is 377 g/mol. The minimum atomic E-state index is 0.641. The fourth-order valence-corrected chi connectivity index (χ4v) is 4.55. The molecule has 0 aliphatic carbocycles. The largest absolute Gasteiger partial charge is 0.368 e. The molecule has 0 bridgehead atoms. The molecule has 0 amide bonds. The number of rotatable bonds is 4. The fraction of sp³-hybridized carbons (Fsp3) is 0.263. The highest BCUT2D eigenvalue weighted by atomic mass is 32.1. The summed E-state index contributed by atoms with van der Waals surface area (Å²) in [6, 6.07) is 16.6. The molecule has 8 heteroatoms. The van der Waals surface area contributed by atoms with E-state index < -0.39 is 0 Å². The molecule has 1 aliphatic rings. The van der Waals surface area contributed by atoms with Gasteiger partial charge in [-0.25, -0.2) is 4.98 Å². The Morgan fingerprint density at radius 2 is 1.78 bits per heavy atom. The SMILES string of the molecule is c1ccc(N2CCN(Cc3nc4ccccc4s3)CC2)c(-c2nn[nH]n2)c1. The van der Waals surface area contributed by atoms with Gasteiger partial charge in [-0.1, -0.05) is 24.3 Å². The average Bonchev–Trinajstić information content (AvgIpc) is 3.38. The van der Waals surface area contributed by atoms with Crippen molar-refractivity contribution in [2.45, 2.75) is 6.54 Å². The fourth-order valence-electron chi connectivity index (χ4n) is 3.54. The van der Waals surface area contributed by atoms with Crippen LogP contribution in [0.2, 0.25) is 0 Å². The lowest BCUT2D eigenvalue weighted by atomic mass is 10.1. The predicted octanol–water partition coefficient (Wildman–Crippen LogP) is 2.80. The number of hydrogen-bond donors (Lipinski definition) is 1. The van der Waals surface area contributed by atoms with E-state index in [2.05, 4.69) is 60.8 Å². The maximum Gasteiger partial charge on any atom is 0.206 e. The molecule has 1 saturated heterocycles. The summed E-state index contributed by atoms with van der Waals surface area (Å²) < 4.78 is 1.26. The minimum absolute atomic E-state index is 0.641. The third-order valence-corrected chi connectivity index (χ3v) is 5.92. The summed E-state index contributed by atoms with van der Waals surface area (Å²) in [5, 5.41) is 15.7. The molecule has 3 heterocycles. The molecule has 4 aromatic rings. The first kappa shape index (κ1) is 16.3. The summed E-state index contributed by atoms with van der Waals surface area (Å²) in [5.41, 5.74) is 3.29. The molecule has 0 saturated carbocycles. The van der Waals surface area contributed by atoms with Crippen LogP contribution in [0.25, 0.3) is 21.6 Å². The van der Waals surface area contributed by atoms with Crippen molar-refractivity contribution < 1.29 is 0 Å². The van der Waals surface area contributed by atoms with Gasteiger partial charge in [-0.05, 0) is 29.5 Å². The number of nitrogens with one attached hydrogen (secondary N) is 1. The number of aromatic amines is 1. The number of thiazole rings is 1. The lowest BCUT2D eigenvalue weighted by Gasteiger charge is -2.36. The van der Waals surface area contributed by atoms with Crippen molar-refractivity contribution in [3.8, 4) is 11.4 Å². The van der Waals surface area contributed by atoms with Crippen LogP contribution in [0.5, 0.6) is 0 Å². The maximum absolute atomic E-state index is 4.77. The van der Waals surface area contributed by atoms with Crippen LogP contribution in [-0.2, 0) is 6.54 Å². The topological polar surface area (TPSA) is 73.8 Å². The second-order valence-electron chi connectivity index (χ2n) is 6.59. The number of fused-ring (bicyclic) bond motifs is 1. The van der Waals surface area contributed by atoms with Crippen molar-refractivity contribution in [2.24, 2.45) is 0 Å². The van der Waals surface area contributed by atoms with E-state index in [0.717, 1.165) is 43.8 Å². The molecular formula is C19H19N7S. The second kappa shape index (κ2) is 7.05. The lowest BCUT2D eigenvalue weighted by Crippen LogP contribution is -2.46. The van der Waals surface area contributed by atoms with Crippen molar-refractivity contribution in [3.63, 3.8) is 0 Å². The Morgan fingerprint density at radius 1 is 0.963 bits per heavy atom. The summed E-state index contributed by atoms with van der Waals surface area (Å²) in [5.74, 6) is 0.641. The summed E-state index contributed by atoms with van der Waals surface area (Å²) in [4.78, 5) is 9.65. The zero-order valence-corrected chi connectivity index (χ0v) is 15.6. The van der Waals surface area contributed by atoms with Crippen molar-refractivity contribution in [3.05, 3.63) is 53.5 Å². The van der Waals surface area contributed by atoms with E-state index in [1.54, 1.807) is 11.3 Å². The number of anilines is 1. The lowest BCUT2D eigenvalue weighted by molar-refractivity contribution is 0.250. The second-order valence-corrected chi connectivity index (χ2v) is 7.71. The Hall–Kier alpha value is -2.84. The van der Waals surface area contributed by atoms with Gasteiger partial charge in [0.25, 0.3) is 0 Å². The molecule has 2 aromatic carbocycles. The molecule has 1 aliphatic heterocycles. The number of aromatic nitrogens is 5. The van der Waals surface area contributed by atoms with E-state index in [-0.39, 0.29) is 0 Å². The van der Waals surface area contributed by atoms with Crippen LogP contribution >= 0.6 is 11.3 Å². The van der Waals surface area contributed by atoms with Gasteiger partial charge >= 0.3 is 0 Å². The number of nitrogens with zero attached hydrogens (tertiary/aromatic N) is 6. The molecule has 27 heavy (non-hydrogen) atoms. The minimum Gasteiger partial charge on any atom is -0.368 e. The monoisotopic (exact) mass is 377 g/mol. The van der Waals surface area contributed by atoms with Gasteiger partial charge in [-0.2, -0.15) is 5.21 Å². The third kappa shape index (κ3) is 3.29. The van der Waals surface area contributed by atoms with Gasteiger partial charge in [0.1, 0.15) is 5.01 Å². The van der Waals surface area contributed by atoms with Gasteiger partial charge in [0.05, 0.1) is 16.8 Å². The number of H-pyrrole nitrogens is 1.